The van der Waals surface area contributed by atoms with E-state index < -0.39 is 11.7 Å². The van der Waals surface area contributed by atoms with Gasteiger partial charge in [-0.3, -0.25) is 4.31 Å². The van der Waals surface area contributed by atoms with E-state index in [9.17, 15) is 13.2 Å². The van der Waals surface area contributed by atoms with Crippen molar-refractivity contribution in [3.63, 3.8) is 0 Å². The minimum absolute atomic E-state index is 0.146. The molecular formula is C16H21F3N6S. The fourth-order valence-corrected chi connectivity index (χ4v) is 3.50. The van der Waals surface area contributed by atoms with Crippen LogP contribution in [0.1, 0.15) is 24.1 Å². The number of nitrogens with one attached hydrogen (secondary N) is 1. The standard InChI is InChI=1S/C16H21F3N6S/c1-10-13(21-9-24(10)2)14-12(16(17,18)19)8-20-15(23-14)22-11-4-6-25(26-3)7-5-11/h8-9,11H,4-7H2,1-3H3,(H,20,22,23). The molecule has 1 fully saturated rings. The number of halogens is 3. The van der Waals surface area contributed by atoms with Crippen LogP contribution in [0.15, 0.2) is 12.5 Å². The van der Waals surface area contributed by atoms with Gasteiger partial charge in [-0.05, 0) is 26.0 Å². The van der Waals surface area contributed by atoms with Crippen LogP contribution in [0.25, 0.3) is 11.4 Å². The number of nitrogens with zero attached hydrogens (tertiary/aromatic N) is 5. The minimum atomic E-state index is -4.54. The maximum Gasteiger partial charge on any atom is 0.420 e. The zero-order chi connectivity index (χ0) is 18.9. The molecule has 0 aromatic carbocycles. The Kier molecular flexibility index (Phi) is 5.42. The van der Waals surface area contributed by atoms with Gasteiger partial charge in [0, 0.05) is 38.1 Å². The molecule has 26 heavy (non-hydrogen) atoms. The molecule has 0 amide bonds. The van der Waals surface area contributed by atoms with Crippen molar-refractivity contribution in [1.82, 2.24) is 23.8 Å². The van der Waals surface area contributed by atoms with Gasteiger partial charge in [0.25, 0.3) is 0 Å². The summed E-state index contributed by atoms with van der Waals surface area (Å²) >= 11 is 1.70. The number of aromatic nitrogens is 4. The molecule has 0 spiro atoms. The first-order chi connectivity index (χ1) is 12.3. The summed E-state index contributed by atoms with van der Waals surface area (Å²) in [5.41, 5.74) is -0.215. The lowest BCUT2D eigenvalue weighted by Gasteiger charge is -2.30. The van der Waals surface area contributed by atoms with Crippen molar-refractivity contribution in [3.05, 3.63) is 23.8 Å². The quantitative estimate of drug-likeness (QED) is 0.814. The molecule has 1 N–H and O–H groups in total. The first-order valence-corrected chi connectivity index (χ1v) is 9.46. The van der Waals surface area contributed by atoms with Gasteiger partial charge in [-0.1, -0.05) is 11.9 Å². The zero-order valence-electron chi connectivity index (χ0n) is 14.8. The second-order valence-corrected chi connectivity index (χ2v) is 7.15. The molecule has 10 heteroatoms. The third-order valence-electron chi connectivity index (χ3n) is 4.60. The van der Waals surface area contributed by atoms with Crippen LogP contribution in [-0.4, -0.2) is 49.2 Å². The third kappa shape index (κ3) is 3.96. The van der Waals surface area contributed by atoms with Gasteiger partial charge in [-0.25, -0.2) is 15.0 Å². The van der Waals surface area contributed by atoms with Crippen LogP contribution in [0.2, 0.25) is 0 Å². The molecule has 0 radical (unpaired) electrons. The van der Waals surface area contributed by atoms with Crippen LogP contribution >= 0.6 is 11.9 Å². The molecule has 0 bridgehead atoms. The zero-order valence-corrected chi connectivity index (χ0v) is 15.7. The van der Waals surface area contributed by atoms with Gasteiger partial charge in [0.15, 0.2) is 0 Å². The average Bonchev–Trinajstić information content (AvgIpc) is 2.94. The van der Waals surface area contributed by atoms with Crippen molar-refractivity contribution < 1.29 is 13.2 Å². The second kappa shape index (κ2) is 7.43. The van der Waals surface area contributed by atoms with Crippen LogP contribution in [0, 0.1) is 6.92 Å². The molecule has 0 atom stereocenters. The number of anilines is 1. The van der Waals surface area contributed by atoms with E-state index in [-0.39, 0.29) is 23.4 Å². The van der Waals surface area contributed by atoms with Crippen molar-refractivity contribution in [3.8, 4) is 11.4 Å². The molecule has 2 aromatic heterocycles. The normalized spacial score (nSPS) is 16.8. The summed E-state index contributed by atoms with van der Waals surface area (Å²) in [5, 5.41) is 3.18. The van der Waals surface area contributed by atoms with Crippen LogP contribution < -0.4 is 5.32 Å². The molecule has 3 heterocycles. The highest BCUT2D eigenvalue weighted by atomic mass is 32.2. The van der Waals surface area contributed by atoms with E-state index in [0.717, 1.165) is 32.1 Å². The lowest BCUT2D eigenvalue weighted by Crippen LogP contribution is -2.35. The molecule has 1 aliphatic rings. The van der Waals surface area contributed by atoms with E-state index >= 15 is 0 Å². The SMILES string of the molecule is CSN1CCC(Nc2ncc(C(F)(F)F)c(-c3ncn(C)c3C)n2)CC1. The minimum Gasteiger partial charge on any atom is -0.351 e. The number of aryl methyl sites for hydroxylation is 1. The fraction of sp³-hybridized carbons (Fsp3) is 0.562. The molecule has 3 rings (SSSR count). The Morgan fingerprint density at radius 3 is 2.42 bits per heavy atom. The van der Waals surface area contributed by atoms with Gasteiger partial charge in [0.1, 0.15) is 17.0 Å². The summed E-state index contributed by atoms with van der Waals surface area (Å²) in [6.45, 7) is 3.56. The van der Waals surface area contributed by atoms with Crippen LogP contribution in [0.5, 0.6) is 0 Å². The summed E-state index contributed by atoms with van der Waals surface area (Å²) in [6, 6.07) is 0.146. The summed E-state index contributed by atoms with van der Waals surface area (Å²) in [6.07, 6.45) is 1.61. The predicted molar refractivity (Wildman–Crippen MR) is 95.7 cm³/mol. The Morgan fingerprint density at radius 2 is 1.88 bits per heavy atom. The maximum absolute atomic E-state index is 13.4. The molecule has 1 aliphatic heterocycles. The van der Waals surface area contributed by atoms with Gasteiger partial charge in [-0.15, -0.1) is 0 Å². The number of alkyl halides is 3. The Balaban J connectivity index is 1.89. The van der Waals surface area contributed by atoms with E-state index in [1.165, 1.54) is 6.33 Å². The summed E-state index contributed by atoms with van der Waals surface area (Å²) in [5.74, 6) is 0.209. The highest BCUT2D eigenvalue weighted by Gasteiger charge is 2.36. The van der Waals surface area contributed by atoms with Crippen molar-refractivity contribution in [2.75, 3.05) is 24.7 Å². The highest BCUT2D eigenvalue weighted by Crippen LogP contribution is 2.36. The number of hydrogen-bond donors (Lipinski definition) is 1. The molecule has 0 aliphatic carbocycles. The van der Waals surface area contributed by atoms with Crippen LogP contribution in [0.3, 0.4) is 0 Å². The van der Waals surface area contributed by atoms with Gasteiger partial charge < -0.3 is 9.88 Å². The number of hydrogen-bond acceptors (Lipinski definition) is 6. The molecule has 2 aromatic rings. The second-order valence-electron chi connectivity index (χ2n) is 6.27. The van der Waals surface area contributed by atoms with E-state index in [2.05, 4.69) is 24.6 Å². The summed E-state index contributed by atoms with van der Waals surface area (Å²) < 4.78 is 44.1. The average molecular weight is 386 g/mol. The lowest BCUT2D eigenvalue weighted by atomic mass is 10.1. The Labute approximate surface area is 154 Å². The van der Waals surface area contributed by atoms with Crippen molar-refractivity contribution >= 4 is 17.9 Å². The van der Waals surface area contributed by atoms with Crippen LogP contribution in [-0.2, 0) is 13.2 Å². The monoisotopic (exact) mass is 386 g/mol. The Hall–Kier alpha value is -1.81. The van der Waals surface area contributed by atoms with Crippen molar-refractivity contribution in [2.24, 2.45) is 7.05 Å². The smallest absolute Gasteiger partial charge is 0.351 e. The largest absolute Gasteiger partial charge is 0.420 e. The molecule has 1 saturated heterocycles. The number of imidazole rings is 1. The molecule has 142 valence electrons. The maximum atomic E-state index is 13.4. The van der Waals surface area contributed by atoms with Crippen molar-refractivity contribution in [2.45, 2.75) is 32.0 Å². The van der Waals surface area contributed by atoms with Crippen LogP contribution in [0.4, 0.5) is 19.1 Å². The van der Waals surface area contributed by atoms with E-state index in [4.69, 9.17) is 0 Å². The number of rotatable bonds is 4. The van der Waals surface area contributed by atoms with E-state index in [1.54, 1.807) is 30.5 Å². The van der Waals surface area contributed by atoms with Crippen molar-refractivity contribution in [1.29, 1.82) is 0 Å². The third-order valence-corrected chi connectivity index (χ3v) is 5.48. The molecular weight excluding hydrogens is 365 g/mol. The lowest BCUT2D eigenvalue weighted by molar-refractivity contribution is -0.137. The Morgan fingerprint density at radius 1 is 1.19 bits per heavy atom. The van der Waals surface area contributed by atoms with Gasteiger partial charge in [0.2, 0.25) is 5.95 Å². The topological polar surface area (TPSA) is 58.9 Å². The molecule has 6 nitrogen and oxygen atoms in total. The fourth-order valence-electron chi connectivity index (χ4n) is 2.93. The van der Waals surface area contributed by atoms with E-state index in [1.807, 2.05) is 6.26 Å². The Bertz CT molecular complexity index is 768. The van der Waals surface area contributed by atoms with Gasteiger partial charge >= 0.3 is 6.18 Å². The first-order valence-electron chi connectivity index (χ1n) is 8.27. The summed E-state index contributed by atoms with van der Waals surface area (Å²) in [7, 11) is 1.74. The van der Waals surface area contributed by atoms with Gasteiger partial charge in [-0.2, -0.15) is 13.2 Å². The first kappa shape index (κ1) is 19.0. The number of piperidine rings is 1. The summed E-state index contributed by atoms with van der Waals surface area (Å²) in [4.78, 5) is 12.2. The predicted octanol–water partition coefficient (Wildman–Crippen LogP) is 3.36. The van der Waals surface area contributed by atoms with Gasteiger partial charge in [0.05, 0.1) is 6.33 Å². The molecule has 0 unspecified atom stereocenters. The van der Waals surface area contributed by atoms with E-state index in [0.29, 0.717) is 5.69 Å². The highest BCUT2D eigenvalue weighted by molar-refractivity contribution is 7.96. The molecule has 0 saturated carbocycles.